The highest BCUT2D eigenvalue weighted by molar-refractivity contribution is 6.74. The zero-order valence-corrected chi connectivity index (χ0v) is 33.2. The van der Waals surface area contributed by atoms with Crippen LogP contribution in [0.5, 0.6) is 0 Å². The highest BCUT2D eigenvalue weighted by Gasteiger charge is 2.43. The van der Waals surface area contributed by atoms with E-state index in [2.05, 4.69) is 40.8 Å². The van der Waals surface area contributed by atoms with E-state index in [0.717, 1.165) is 50.5 Å². The van der Waals surface area contributed by atoms with Gasteiger partial charge < -0.3 is 19.0 Å². The Morgan fingerprint density at radius 3 is 1.72 bits per heavy atom. The van der Waals surface area contributed by atoms with Crippen LogP contribution in [0.15, 0.2) is 11.6 Å². The summed E-state index contributed by atoms with van der Waals surface area (Å²) < 4.78 is 18.8. The van der Waals surface area contributed by atoms with Crippen LogP contribution in [-0.4, -0.2) is 49.9 Å². The standard InChI is InChI=1S/C41H78O5Si/c1-8-9-10-11-12-13-18-21-24-27-30-39(46-47(6,7)41(3,4)5)38-32-31-37(45-38)36(42)29-26-23-20-17-15-14-16-19-22-25-28-35-33-34(2)44-40(35)43/h33-34,36-39,42H,8-32H2,1-7H3/t34-,36-,37-,38-,39-/m1/s1. The van der Waals surface area contributed by atoms with Gasteiger partial charge in [-0.3, -0.25) is 0 Å². The van der Waals surface area contributed by atoms with Crippen molar-refractivity contribution in [1.29, 1.82) is 0 Å². The highest BCUT2D eigenvalue weighted by atomic mass is 28.4. The van der Waals surface area contributed by atoms with E-state index in [0.29, 0.717) is 0 Å². The summed E-state index contributed by atoms with van der Waals surface area (Å²) in [5.41, 5.74) is 0.876. The van der Waals surface area contributed by atoms with E-state index in [4.69, 9.17) is 13.9 Å². The molecule has 0 bridgehead atoms. The maximum Gasteiger partial charge on any atom is 0.334 e. The van der Waals surface area contributed by atoms with Crippen LogP contribution in [0.3, 0.4) is 0 Å². The van der Waals surface area contributed by atoms with Gasteiger partial charge in [0.05, 0.1) is 24.4 Å². The molecule has 2 aliphatic rings. The van der Waals surface area contributed by atoms with Gasteiger partial charge in [-0.1, -0.05) is 150 Å². The summed E-state index contributed by atoms with van der Waals surface area (Å²) in [5.74, 6) is -0.111. The minimum Gasteiger partial charge on any atom is -0.455 e. The lowest BCUT2D eigenvalue weighted by Crippen LogP contribution is -2.47. The molecule has 0 saturated carbocycles. The van der Waals surface area contributed by atoms with Crippen molar-refractivity contribution >= 4 is 14.3 Å². The molecule has 276 valence electrons. The molecule has 0 aromatic heterocycles. The number of hydrogen-bond donors (Lipinski definition) is 1. The number of hydrogen-bond acceptors (Lipinski definition) is 5. The molecule has 1 fully saturated rings. The number of esters is 1. The molecule has 0 spiro atoms. The van der Waals surface area contributed by atoms with Crippen molar-refractivity contribution in [3.05, 3.63) is 11.6 Å². The van der Waals surface area contributed by atoms with E-state index in [1.165, 1.54) is 116 Å². The quantitative estimate of drug-likeness (QED) is 0.0507. The summed E-state index contributed by atoms with van der Waals surface area (Å²) in [7, 11) is -1.90. The highest BCUT2D eigenvalue weighted by Crippen LogP contribution is 2.40. The van der Waals surface area contributed by atoms with Crippen LogP contribution in [0.1, 0.15) is 195 Å². The van der Waals surface area contributed by atoms with Crippen LogP contribution in [-0.2, 0) is 18.7 Å². The van der Waals surface area contributed by atoms with Crippen LogP contribution >= 0.6 is 0 Å². The van der Waals surface area contributed by atoms with Gasteiger partial charge in [-0.05, 0) is 69.7 Å². The predicted octanol–water partition coefficient (Wildman–Crippen LogP) is 12.1. The molecule has 0 aliphatic carbocycles. The van der Waals surface area contributed by atoms with Crippen LogP contribution < -0.4 is 0 Å². The first-order valence-electron chi connectivity index (χ1n) is 20.4. The smallest absolute Gasteiger partial charge is 0.334 e. The van der Waals surface area contributed by atoms with Crippen molar-refractivity contribution in [3.8, 4) is 0 Å². The van der Waals surface area contributed by atoms with Gasteiger partial charge in [0.25, 0.3) is 0 Å². The Balaban J connectivity index is 1.58. The number of rotatable bonds is 28. The number of cyclic esters (lactones) is 1. The molecule has 0 aromatic rings. The maximum absolute atomic E-state index is 11.7. The van der Waals surface area contributed by atoms with Gasteiger partial charge in [-0.25, -0.2) is 4.79 Å². The molecule has 5 nitrogen and oxygen atoms in total. The third-order valence-corrected chi connectivity index (χ3v) is 15.7. The summed E-state index contributed by atoms with van der Waals surface area (Å²) in [6, 6.07) is 0. The fourth-order valence-electron chi connectivity index (χ4n) is 7.04. The van der Waals surface area contributed by atoms with Crippen molar-refractivity contribution in [2.24, 2.45) is 0 Å². The van der Waals surface area contributed by atoms with E-state index < -0.39 is 8.32 Å². The summed E-state index contributed by atoms with van der Waals surface area (Å²) in [4.78, 5) is 11.7. The minimum absolute atomic E-state index is 0.0303. The Hall–Kier alpha value is -0.693. The molecule has 6 heteroatoms. The van der Waals surface area contributed by atoms with E-state index in [-0.39, 0.29) is 41.5 Å². The van der Waals surface area contributed by atoms with Crippen molar-refractivity contribution in [3.63, 3.8) is 0 Å². The summed E-state index contributed by atoms with van der Waals surface area (Å²) in [6.07, 6.45) is 32.5. The van der Waals surface area contributed by atoms with Crippen LogP contribution in [0.2, 0.25) is 18.1 Å². The molecule has 0 aromatic carbocycles. The van der Waals surface area contributed by atoms with E-state index in [1.54, 1.807) is 0 Å². The monoisotopic (exact) mass is 679 g/mol. The lowest BCUT2D eigenvalue weighted by Gasteiger charge is -2.41. The normalized spacial score (nSPS) is 21.7. The van der Waals surface area contributed by atoms with Gasteiger partial charge in [0.2, 0.25) is 0 Å². The van der Waals surface area contributed by atoms with E-state index >= 15 is 0 Å². The zero-order chi connectivity index (χ0) is 34.5. The lowest BCUT2D eigenvalue weighted by molar-refractivity contribution is -0.139. The molecule has 2 heterocycles. The molecule has 2 rings (SSSR count). The number of carbonyl (C=O) groups excluding carboxylic acids is 1. The molecule has 0 unspecified atom stereocenters. The number of aliphatic hydroxyl groups excluding tert-OH is 1. The third-order valence-electron chi connectivity index (χ3n) is 11.2. The molecular formula is C41H78O5Si. The van der Waals surface area contributed by atoms with Crippen molar-refractivity contribution < 1.29 is 23.8 Å². The zero-order valence-electron chi connectivity index (χ0n) is 32.2. The van der Waals surface area contributed by atoms with Crippen LogP contribution in [0, 0.1) is 0 Å². The van der Waals surface area contributed by atoms with Crippen LogP contribution in [0.25, 0.3) is 0 Å². The number of aliphatic hydroxyl groups is 1. The maximum atomic E-state index is 11.7. The SMILES string of the molecule is CCCCCCCCCCCC[C@@H](O[Si](C)(C)C(C)(C)C)[C@H]1CC[C@H]([C@H](O)CCCCCCCCCCCCC2=C[C@@H](C)OC2=O)O1. The fraction of sp³-hybridized carbons (Fsp3) is 0.927. The second-order valence-electron chi connectivity index (χ2n) is 16.6. The summed E-state index contributed by atoms with van der Waals surface area (Å²) in [6.45, 7) is 15.9. The molecule has 1 saturated heterocycles. The molecule has 0 radical (unpaired) electrons. The van der Waals surface area contributed by atoms with E-state index in [1.807, 2.05) is 13.0 Å². The van der Waals surface area contributed by atoms with Crippen molar-refractivity contribution in [2.75, 3.05) is 0 Å². The Kier molecular flexibility index (Phi) is 21.4. The lowest BCUT2D eigenvalue weighted by atomic mass is 10.00. The topological polar surface area (TPSA) is 65.0 Å². The molecule has 0 amide bonds. The fourth-order valence-corrected chi connectivity index (χ4v) is 8.42. The molecule has 2 aliphatic heterocycles. The van der Waals surface area contributed by atoms with Gasteiger partial charge in [-0.2, -0.15) is 0 Å². The largest absolute Gasteiger partial charge is 0.455 e. The first-order chi connectivity index (χ1) is 22.4. The van der Waals surface area contributed by atoms with Crippen molar-refractivity contribution in [2.45, 2.75) is 244 Å². The first kappa shape index (κ1) is 42.5. The predicted molar refractivity (Wildman–Crippen MR) is 201 cm³/mol. The number of carbonyl (C=O) groups is 1. The first-order valence-corrected chi connectivity index (χ1v) is 23.3. The Bertz CT molecular complexity index is 849. The summed E-state index contributed by atoms with van der Waals surface area (Å²) >= 11 is 0. The Labute approximate surface area is 292 Å². The van der Waals surface area contributed by atoms with Gasteiger partial charge in [0, 0.05) is 5.57 Å². The summed E-state index contributed by atoms with van der Waals surface area (Å²) in [5, 5.41) is 11.2. The van der Waals surface area contributed by atoms with E-state index in [9.17, 15) is 9.90 Å². The molecule has 5 atom stereocenters. The second kappa shape index (κ2) is 23.7. The number of ether oxygens (including phenoxy) is 2. The Morgan fingerprint density at radius 2 is 1.23 bits per heavy atom. The molecular weight excluding hydrogens is 601 g/mol. The molecule has 47 heavy (non-hydrogen) atoms. The third kappa shape index (κ3) is 17.7. The van der Waals surface area contributed by atoms with Gasteiger partial charge in [-0.15, -0.1) is 0 Å². The van der Waals surface area contributed by atoms with Crippen molar-refractivity contribution in [1.82, 2.24) is 0 Å². The number of unbranched alkanes of at least 4 members (excludes halogenated alkanes) is 18. The minimum atomic E-state index is -1.90. The van der Waals surface area contributed by atoms with Gasteiger partial charge in [0.15, 0.2) is 8.32 Å². The second-order valence-corrected chi connectivity index (χ2v) is 21.4. The van der Waals surface area contributed by atoms with Gasteiger partial charge in [0.1, 0.15) is 6.10 Å². The van der Waals surface area contributed by atoms with Gasteiger partial charge >= 0.3 is 5.97 Å². The van der Waals surface area contributed by atoms with Crippen LogP contribution in [0.4, 0.5) is 0 Å². The Morgan fingerprint density at radius 1 is 0.766 bits per heavy atom. The molecule has 1 N–H and O–H groups in total. The average molecular weight is 679 g/mol. The average Bonchev–Trinajstić information content (AvgIpc) is 3.63.